The van der Waals surface area contributed by atoms with E-state index in [0.29, 0.717) is 0 Å². The molecule has 0 atom stereocenters. The number of hydrogen-bond acceptors (Lipinski definition) is 1. The fourth-order valence-corrected chi connectivity index (χ4v) is 1.84. The minimum Gasteiger partial charge on any atom is -0.364 e. The van der Waals surface area contributed by atoms with Gasteiger partial charge in [-0.25, -0.2) is 0 Å². The molecule has 2 aliphatic carbocycles. The number of nitrogens with one attached hydrogen (secondary N) is 1. The average molecular weight is 143 g/mol. The van der Waals surface area contributed by atoms with Crippen LogP contribution < -0.4 is 5.32 Å². The molecule has 3 rings (SSSR count). The lowest BCUT2D eigenvalue weighted by atomic mass is 9.81. The molecule has 0 saturated carbocycles. The van der Waals surface area contributed by atoms with Crippen LogP contribution in [-0.2, 0) is 0 Å². The third-order valence-electron chi connectivity index (χ3n) is 2.55. The maximum atomic E-state index is 3.30. The Balaban J connectivity index is 2.23. The van der Waals surface area contributed by atoms with Crippen molar-refractivity contribution in [1.82, 2.24) is 5.32 Å². The third-order valence-corrected chi connectivity index (χ3v) is 2.55. The van der Waals surface area contributed by atoms with Crippen LogP contribution in [0.15, 0.2) is 46.8 Å². The van der Waals surface area contributed by atoms with Crippen LogP contribution in [0.5, 0.6) is 0 Å². The molecule has 0 unspecified atom stereocenters. The Morgan fingerprint density at radius 3 is 3.18 bits per heavy atom. The van der Waals surface area contributed by atoms with E-state index in [1.165, 1.54) is 22.4 Å². The van der Waals surface area contributed by atoms with Crippen LogP contribution in [0.4, 0.5) is 0 Å². The van der Waals surface area contributed by atoms with E-state index in [2.05, 4.69) is 23.5 Å². The molecule has 1 heterocycles. The Bertz CT molecular complexity index is 340. The van der Waals surface area contributed by atoms with Gasteiger partial charge in [-0.15, -0.1) is 0 Å². The van der Waals surface area contributed by atoms with Crippen LogP contribution in [0.1, 0.15) is 12.8 Å². The summed E-state index contributed by atoms with van der Waals surface area (Å²) >= 11 is 0. The average Bonchev–Trinajstić information content (AvgIpc) is 2.09. The molecule has 3 aliphatic rings. The first-order chi connectivity index (χ1) is 5.43. The topological polar surface area (TPSA) is 12.0 Å². The van der Waals surface area contributed by atoms with Crippen molar-refractivity contribution in [1.29, 1.82) is 0 Å². The highest BCUT2D eigenvalue weighted by Gasteiger charge is 2.25. The van der Waals surface area contributed by atoms with E-state index in [-0.39, 0.29) is 0 Å². The van der Waals surface area contributed by atoms with Crippen molar-refractivity contribution in [2.45, 2.75) is 12.8 Å². The number of rotatable bonds is 0. The summed E-state index contributed by atoms with van der Waals surface area (Å²) in [4.78, 5) is 0. The summed E-state index contributed by atoms with van der Waals surface area (Å²) in [5.41, 5.74) is 5.91. The molecule has 1 nitrogen and oxygen atoms in total. The standard InChI is InChI=1S/C10H9N/c1-2-8-6-10-9(8)5-7(1)3-4-11-10/h1-4,11H,5-6H2. The fourth-order valence-electron chi connectivity index (χ4n) is 1.84. The fraction of sp³-hybridized carbons (Fsp3) is 0.200. The second kappa shape index (κ2) is 1.67. The second-order valence-corrected chi connectivity index (χ2v) is 3.22. The van der Waals surface area contributed by atoms with Gasteiger partial charge in [0.1, 0.15) is 0 Å². The number of fused-ring (bicyclic) bond motifs is 1. The highest BCUT2D eigenvalue weighted by Crippen LogP contribution is 2.40. The molecule has 0 aromatic rings. The van der Waals surface area contributed by atoms with E-state index in [9.17, 15) is 0 Å². The van der Waals surface area contributed by atoms with E-state index in [1.54, 1.807) is 0 Å². The maximum Gasteiger partial charge on any atom is 0.0230 e. The SMILES string of the molecule is C1=CC2=CC=C3CC(=C3C2)N1. The quantitative estimate of drug-likeness (QED) is 0.547. The molecule has 0 amide bonds. The van der Waals surface area contributed by atoms with Gasteiger partial charge in [0.15, 0.2) is 0 Å². The van der Waals surface area contributed by atoms with Crippen molar-refractivity contribution < 1.29 is 0 Å². The van der Waals surface area contributed by atoms with Gasteiger partial charge in [-0.1, -0.05) is 12.2 Å². The number of hydrogen-bond donors (Lipinski definition) is 1. The minimum atomic E-state index is 1.14. The summed E-state index contributed by atoms with van der Waals surface area (Å²) in [5.74, 6) is 0. The summed E-state index contributed by atoms with van der Waals surface area (Å²) in [7, 11) is 0. The van der Waals surface area contributed by atoms with Crippen LogP contribution in [0.25, 0.3) is 0 Å². The summed E-state index contributed by atoms with van der Waals surface area (Å²) in [5, 5.41) is 3.30. The largest absolute Gasteiger partial charge is 0.364 e. The van der Waals surface area contributed by atoms with Crippen molar-refractivity contribution in [3.05, 3.63) is 46.8 Å². The summed E-state index contributed by atoms with van der Waals surface area (Å²) in [6, 6.07) is 0. The smallest absolute Gasteiger partial charge is 0.0230 e. The molecular formula is C10H9N. The Kier molecular flexibility index (Phi) is 0.823. The first kappa shape index (κ1) is 5.42. The normalized spacial score (nSPS) is 24.7. The van der Waals surface area contributed by atoms with Crippen LogP contribution in [0, 0.1) is 0 Å². The van der Waals surface area contributed by atoms with Crippen LogP contribution in [-0.4, -0.2) is 0 Å². The Labute approximate surface area is 65.8 Å². The second-order valence-electron chi connectivity index (χ2n) is 3.22. The molecule has 0 saturated heterocycles. The molecule has 1 aliphatic heterocycles. The molecule has 0 radical (unpaired) electrons. The summed E-state index contributed by atoms with van der Waals surface area (Å²) in [6.07, 6.45) is 11.0. The van der Waals surface area contributed by atoms with Gasteiger partial charge in [0.2, 0.25) is 0 Å². The zero-order chi connectivity index (χ0) is 7.26. The monoisotopic (exact) mass is 143 g/mol. The lowest BCUT2D eigenvalue weighted by molar-refractivity contribution is 0.842. The van der Waals surface area contributed by atoms with Crippen molar-refractivity contribution >= 4 is 0 Å². The molecule has 0 spiro atoms. The lowest BCUT2D eigenvalue weighted by Crippen LogP contribution is -2.18. The van der Waals surface area contributed by atoms with Gasteiger partial charge in [-0.3, -0.25) is 0 Å². The first-order valence-electron chi connectivity index (χ1n) is 3.99. The van der Waals surface area contributed by atoms with Crippen molar-refractivity contribution in [3.63, 3.8) is 0 Å². The van der Waals surface area contributed by atoms with Crippen molar-refractivity contribution in [2.24, 2.45) is 0 Å². The number of allylic oxidation sites excluding steroid dienone is 6. The van der Waals surface area contributed by atoms with Crippen molar-refractivity contribution in [3.8, 4) is 0 Å². The lowest BCUT2D eigenvalue weighted by Gasteiger charge is -2.28. The highest BCUT2D eigenvalue weighted by atomic mass is 14.9. The van der Waals surface area contributed by atoms with Gasteiger partial charge < -0.3 is 5.32 Å². The van der Waals surface area contributed by atoms with Gasteiger partial charge in [0, 0.05) is 18.3 Å². The van der Waals surface area contributed by atoms with E-state index in [4.69, 9.17) is 0 Å². The van der Waals surface area contributed by atoms with Crippen LogP contribution in [0.3, 0.4) is 0 Å². The Morgan fingerprint density at radius 2 is 2.18 bits per heavy atom. The molecule has 1 N–H and O–H groups in total. The van der Waals surface area contributed by atoms with Crippen molar-refractivity contribution in [2.75, 3.05) is 0 Å². The van der Waals surface area contributed by atoms with E-state index < -0.39 is 0 Å². The molecule has 1 heteroatoms. The van der Waals surface area contributed by atoms with Gasteiger partial charge in [-0.2, -0.15) is 0 Å². The third kappa shape index (κ3) is 0.603. The zero-order valence-electron chi connectivity index (χ0n) is 6.22. The predicted octanol–water partition coefficient (Wildman–Crippen LogP) is 2.02. The molecular weight excluding hydrogens is 134 g/mol. The van der Waals surface area contributed by atoms with E-state index in [0.717, 1.165) is 12.8 Å². The molecule has 54 valence electrons. The molecule has 0 aromatic carbocycles. The molecule has 0 fully saturated rings. The van der Waals surface area contributed by atoms with Gasteiger partial charge >= 0.3 is 0 Å². The van der Waals surface area contributed by atoms with Gasteiger partial charge in [0.25, 0.3) is 0 Å². The van der Waals surface area contributed by atoms with Crippen LogP contribution in [0.2, 0.25) is 0 Å². The zero-order valence-corrected chi connectivity index (χ0v) is 6.22. The van der Waals surface area contributed by atoms with Gasteiger partial charge in [-0.05, 0) is 29.2 Å². The molecule has 2 bridgehead atoms. The molecule has 0 aromatic heterocycles. The summed E-state index contributed by atoms with van der Waals surface area (Å²) < 4.78 is 0. The van der Waals surface area contributed by atoms with Crippen LogP contribution >= 0.6 is 0 Å². The predicted molar refractivity (Wildman–Crippen MR) is 44.7 cm³/mol. The molecule has 11 heavy (non-hydrogen) atoms. The van der Waals surface area contributed by atoms with Gasteiger partial charge in [0.05, 0.1) is 0 Å². The minimum absolute atomic E-state index is 1.14. The Hall–Kier alpha value is -1.24. The highest BCUT2D eigenvalue weighted by molar-refractivity contribution is 5.57. The maximum absolute atomic E-state index is 3.30. The van der Waals surface area contributed by atoms with E-state index in [1.807, 2.05) is 6.20 Å². The first-order valence-corrected chi connectivity index (χ1v) is 3.99. The van der Waals surface area contributed by atoms with E-state index >= 15 is 0 Å². The Morgan fingerprint density at radius 1 is 1.18 bits per heavy atom. The summed E-state index contributed by atoms with van der Waals surface area (Å²) in [6.45, 7) is 0.